The number of hydrazone groups is 1. The van der Waals surface area contributed by atoms with Crippen LogP contribution in [0.4, 0.5) is 17.3 Å². The van der Waals surface area contributed by atoms with Gasteiger partial charge in [0.2, 0.25) is 5.95 Å². The van der Waals surface area contributed by atoms with E-state index in [4.69, 9.17) is 16.7 Å². The average Bonchev–Trinajstić information content (AvgIpc) is 3.10. The van der Waals surface area contributed by atoms with Crippen LogP contribution in [0.25, 0.3) is 0 Å². The first-order chi connectivity index (χ1) is 16.5. The summed E-state index contributed by atoms with van der Waals surface area (Å²) in [6.07, 6.45) is 4.10. The van der Waals surface area contributed by atoms with Crippen molar-refractivity contribution in [3.8, 4) is 0 Å². The predicted molar refractivity (Wildman–Crippen MR) is 138 cm³/mol. The third kappa shape index (κ3) is 3.23. The number of carbonyl (C=O) groups is 1. The second-order valence-electron chi connectivity index (χ2n) is 8.90. The van der Waals surface area contributed by atoms with Gasteiger partial charge < -0.3 is 9.80 Å². The highest BCUT2D eigenvalue weighted by Crippen LogP contribution is 2.48. The van der Waals surface area contributed by atoms with E-state index in [1.54, 1.807) is 29.5 Å². The zero-order valence-electron chi connectivity index (χ0n) is 18.5. The van der Waals surface area contributed by atoms with Gasteiger partial charge in [0.25, 0.3) is 5.91 Å². The molecule has 0 saturated carbocycles. The molecule has 3 aliphatic rings. The number of piperazine rings is 1. The Morgan fingerprint density at radius 2 is 1.85 bits per heavy atom. The number of carbonyl (C=O) groups excluding carboxylic acids is 1. The average molecular weight is 538 g/mol. The van der Waals surface area contributed by atoms with Crippen LogP contribution in [-0.2, 0) is 11.2 Å². The van der Waals surface area contributed by atoms with E-state index in [2.05, 4.69) is 53.9 Å². The van der Waals surface area contributed by atoms with E-state index in [1.807, 2.05) is 25.1 Å². The number of fused-ring (bicyclic) bond motifs is 4. The fourth-order valence-corrected chi connectivity index (χ4v) is 6.03. The van der Waals surface area contributed by atoms with E-state index in [1.165, 1.54) is 5.69 Å². The minimum absolute atomic E-state index is 0.0104. The molecule has 1 spiro atoms. The molecule has 0 bridgehead atoms. The molecule has 0 radical (unpaired) electrons. The van der Waals surface area contributed by atoms with E-state index < -0.39 is 5.41 Å². The number of hydrogen-bond donors (Lipinski definition) is 0. The van der Waals surface area contributed by atoms with E-state index in [9.17, 15) is 4.79 Å². The van der Waals surface area contributed by atoms with E-state index in [0.29, 0.717) is 23.9 Å². The van der Waals surface area contributed by atoms with Crippen LogP contribution < -0.4 is 14.8 Å². The summed E-state index contributed by atoms with van der Waals surface area (Å²) in [5.41, 5.74) is 3.08. The van der Waals surface area contributed by atoms with Crippen LogP contribution in [0.1, 0.15) is 12.5 Å². The molecule has 0 N–H and O–H groups in total. The van der Waals surface area contributed by atoms with Gasteiger partial charge in [-0.3, -0.25) is 4.79 Å². The number of aromatic nitrogens is 2. The van der Waals surface area contributed by atoms with Crippen molar-refractivity contribution in [1.82, 2.24) is 9.97 Å². The Morgan fingerprint density at radius 3 is 2.62 bits per heavy atom. The molecule has 6 rings (SSSR count). The van der Waals surface area contributed by atoms with Crippen molar-refractivity contribution >= 4 is 56.5 Å². The quantitative estimate of drug-likeness (QED) is 0.480. The molecular weight excluding hydrogens is 516 g/mol. The van der Waals surface area contributed by atoms with Crippen LogP contribution in [0, 0.1) is 5.41 Å². The first-order valence-electron chi connectivity index (χ1n) is 11.2. The molecule has 0 aliphatic carbocycles. The summed E-state index contributed by atoms with van der Waals surface area (Å²) in [5, 5.41) is 6.97. The van der Waals surface area contributed by atoms with Crippen molar-refractivity contribution in [1.29, 1.82) is 0 Å². The molecule has 3 aromatic rings. The van der Waals surface area contributed by atoms with Gasteiger partial charge in [-0.25, -0.2) is 9.97 Å². The van der Waals surface area contributed by atoms with Crippen molar-refractivity contribution in [2.24, 2.45) is 10.5 Å². The fraction of sp³-hybridized carbons (Fsp3) is 0.280. The number of anilines is 3. The predicted octanol–water partition coefficient (Wildman–Crippen LogP) is 4.55. The molecule has 1 amide bonds. The minimum Gasteiger partial charge on any atom is -0.363 e. The van der Waals surface area contributed by atoms with Gasteiger partial charge in [-0.2, -0.15) is 10.1 Å². The van der Waals surface area contributed by atoms with Gasteiger partial charge >= 0.3 is 0 Å². The second kappa shape index (κ2) is 8.06. The molecule has 9 heteroatoms. The van der Waals surface area contributed by atoms with Gasteiger partial charge in [-0.05, 0) is 67.4 Å². The molecule has 1 aromatic heterocycles. The highest BCUT2D eigenvalue weighted by molar-refractivity contribution is 9.10. The van der Waals surface area contributed by atoms with E-state index in [0.717, 1.165) is 34.5 Å². The molecule has 1 fully saturated rings. The highest BCUT2D eigenvalue weighted by atomic mass is 79.9. The third-order valence-corrected chi connectivity index (χ3v) is 7.89. The summed E-state index contributed by atoms with van der Waals surface area (Å²) < 4.78 is 1.01. The summed E-state index contributed by atoms with van der Waals surface area (Å²) in [7, 11) is 0. The monoisotopic (exact) mass is 536 g/mol. The minimum atomic E-state index is -0.791. The standard InChI is InChI=1S/C25H22BrClN6O/c1-16-25(23(34)33(30-16)20-6-4-19(27)5-7-20)14-17-13-18(26)3-8-21(17)32-12-11-31(15-22(25)32)24-28-9-2-10-29-24/h2-10,13,22H,11-12,14-15H2,1H3/t22-,25+/m0/s1. The summed E-state index contributed by atoms with van der Waals surface area (Å²) >= 11 is 9.71. The molecule has 34 heavy (non-hydrogen) atoms. The van der Waals surface area contributed by atoms with Crippen molar-refractivity contribution in [2.45, 2.75) is 19.4 Å². The summed E-state index contributed by atoms with van der Waals surface area (Å²) in [4.78, 5) is 27.8. The molecule has 172 valence electrons. The van der Waals surface area contributed by atoms with Gasteiger partial charge in [0.05, 0.1) is 17.4 Å². The van der Waals surface area contributed by atoms with Crippen molar-refractivity contribution in [3.05, 3.63) is 76.0 Å². The lowest BCUT2D eigenvalue weighted by Crippen LogP contribution is -2.67. The van der Waals surface area contributed by atoms with Crippen LogP contribution >= 0.6 is 27.5 Å². The number of halogens is 2. The lowest BCUT2D eigenvalue weighted by atomic mass is 9.67. The molecule has 2 aromatic carbocycles. The van der Waals surface area contributed by atoms with Gasteiger partial charge in [-0.1, -0.05) is 27.5 Å². The molecule has 4 heterocycles. The first-order valence-corrected chi connectivity index (χ1v) is 12.4. The van der Waals surface area contributed by atoms with Gasteiger partial charge in [0.15, 0.2) is 0 Å². The Hall–Kier alpha value is -2.97. The molecule has 2 atom stereocenters. The van der Waals surface area contributed by atoms with Crippen molar-refractivity contribution in [2.75, 3.05) is 34.4 Å². The van der Waals surface area contributed by atoms with E-state index >= 15 is 0 Å². The summed E-state index contributed by atoms with van der Waals surface area (Å²) in [6.45, 7) is 4.15. The van der Waals surface area contributed by atoms with Gasteiger partial charge in [0.1, 0.15) is 5.41 Å². The lowest BCUT2D eigenvalue weighted by Gasteiger charge is -2.53. The maximum atomic E-state index is 14.3. The summed E-state index contributed by atoms with van der Waals surface area (Å²) in [6, 6.07) is 15.3. The smallest absolute Gasteiger partial charge is 0.261 e. The number of amides is 1. The van der Waals surface area contributed by atoms with Crippen LogP contribution in [-0.4, -0.2) is 47.3 Å². The molecule has 3 aliphatic heterocycles. The molecular formula is C25H22BrClN6O. The fourth-order valence-electron chi connectivity index (χ4n) is 5.50. The highest BCUT2D eigenvalue weighted by Gasteiger charge is 2.60. The Morgan fingerprint density at radius 1 is 1.09 bits per heavy atom. The second-order valence-corrected chi connectivity index (χ2v) is 10.3. The Bertz CT molecular complexity index is 1300. The topological polar surface area (TPSA) is 64.9 Å². The maximum Gasteiger partial charge on any atom is 0.261 e. The number of nitrogens with zero attached hydrogens (tertiary/aromatic N) is 6. The Kier molecular flexibility index (Phi) is 5.11. The zero-order valence-corrected chi connectivity index (χ0v) is 20.9. The van der Waals surface area contributed by atoms with Crippen LogP contribution in [0.3, 0.4) is 0 Å². The van der Waals surface area contributed by atoms with Gasteiger partial charge in [0, 0.05) is 47.2 Å². The SMILES string of the molecule is CC1=NN(c2ccc(Cl)cc2)C(=O)[C@]12Cc1cc(Br)ccc1N1CCN(c3ncccn3)C[C@H]12. The van der Waals surface area contributed by atoms with Gasteiger partial charge in [-0.15, -0.1) is 0 Å². The number of rotatable bonds is 2. The third-order valence-electron chi connectivity index (χ3n) is 7.15. The lowest BCUT2D eigenvalue weighted by molar-refractivity contribution is -0.125. The van der Waals surface area contributed by atoms with Crippen molar-refractivity contribution in [3.63, 3.8) is 0 Å². The molecule has 7 nitrogen and oxygen atoms in total. The normalized spacial score (nSPS) is 23.7. The van der Waals surface area contributed by atoms with Crippen LogP contribution in [0.5, 0.6) is 0 Å². The summed E-state index contributed by atoms with van der Waals surface area (Å²) in [5.74, 6) is 0.678. The van der Waals surface area contributed by atoms with Crippen molar-refractivity contribution < 1.29 is 4.79 Å². The zero-order chi connectivity index (χ0) is 23.4. The molecule has 1 saturated heterocycles. The largest absolute Gasteiger partial charge is 0.363 e. The van der Waals surface area contributed by atoms with Crippen LogP contribution in [0.15, 0.2) is 70.5 Å². The van der Waals surface area contributed by atoms with Crippen LogP contribution in [0.2, 0.25) is 5.02 Å². The Labute approximate surface area is 211 Å². The molecule has 0 unspecified atom stereocenters. The number of benzene rings is 2. The van der Waals surface area contributed by atoms with E-state index in [-0.39, 0.29) is 11.9 Å². The number of hydrogen-bond acceptors (Lipinski definition) is 6. The maximum absolute atomic E-state index is 14.3. The first kappa shape index (κ1) is 21.6. The Balaban J connectivity index is 1.46.